The fourth-order valence-electron chi connectivity index (χ4n) is 9.41. The summed E-state index contributed by atoms with van der Waals surface area (Å²) in [7, 11) is 6.85. The van der Waals surface area contributed by atoms with Crippen molar-refractivity contribution in [2.24, 2.45) is 9.98 Å². The van der Waals surface area contributed by atoms with Crippen LogP contribution in [0.3, 0.4) is 0 Å². The van der Waals surface area contributed by atoms with Gasteiger partial charge in [-0.15, -0.1) is 0 Å². The van der Waals surface area contributed by atoms with Crippen molar-refractivity contribution in [2.45, 2.75) is 70.6 Å². The van der Waals surface area contributed by atoms with Crippen LogP contribution in [0.5, 0.6) is 23.0 Å². The Kier molecular flexibility index (Phi) is 20.8. The minimum Gasteiger partial charge on any atom is -0.493 e. The van der Waals surface area contributed by atoms with Gasteiger partial charge in [0.2, 0.25) is 0 Å². The fraction of sp³-hybridized carbons (Fsp3) is 0.536. The highest BCUT2D eigenvalue weighted by atomic mass is 32.1. The van der Waals surface area contributed by atoms with Gasteiger partial charge in [-0.2, -0.15) is 12.6 Å². The van der Waals surface area contributed by atoms with Gasteiger partial charge in [0.25, 0.3) is 11.8 Å². The largest absolute Gasteiger partial charge is 0.493 e. The lowest BCUT2D eigenvalue weighted by molar-refractivity contribution is 0.0257. The molecule has 3 aromatic carbocycles. The molecule has 0 spiro atoms. The zero-order chi connectivity index (χ0) is 52.6. The van der Waals surface area contributed by atoms with E-state index in [9.17, 15) is 9.59 Å². The molecule has 0 saturated carbocycles. The molecule has 0 aliphatic carbocycles. The monoisotopic (exact) mass is 1040 g/mol. The Hall–Kier alpha value is -5.47. The van der Waals surface area contributed by atoms with Crippen LogP contribution in [0.4, 0.5) is 17.1 Å². The molecule has 402 valence electrons. The summed E-state index contributed by atoms with van der Waals surface area (Å²) in [4.78, 5) is 45.4. The van der Waals surface area contributed by atoms with Crippen LogP contribution < -0.4 is 23.8 Å². The number of allylic oxidation sites excluding steroid dienone is 2. The molecule has 2 saturated heterocycles. The van der Waals surface area contributed by atoms with E-state index >= 15 is 0 Å². The highest BCUT2D eigenvalue weighted by Gasteiger charge is 2.36. The summed E-state index contributed by atoms with van der Waals surface area (Å²) in [5.74, 6) is 1.57. The minimum absolute atomic E-state index is 0.0856. The average molecular weight is 1040 g/mol. The summed E-state index contributed by atoms with van der Waals surface area (Å²) < 4.78 is 53.6. The molecular formula is C56H76N6O11S. The number of hydrogen-bond acceptors (Lipinski definition) is 16. The lowest BCUT2D eigenvalue weighted by Crippen LogP contribution is -2.35. The molecule has 3 aromatic rings. The van der Waals surface area contributed by atoms with Crippen LogP contribution in [-0.4, -0.2) is 183 Å². The fourth-order valence-corrected chi connectivity index (χ4v) is 9.65. The van der Waals surface area contributed by atoms with Crippen LogP contribution in [0.15, 0.2) is 75.7 Å². The molecule has 74 heavy (non-hydrogen) atoms. The molecule has 1 unspecified atom stereocenters. The quantitative estimate of drug-likeness (QED) is 0.0410. The first kappa shape index (κ1) is 56.3. The Labute approximate surface area is 442 Å². The van der Waals surface area contributed by atoms with Gasteiger partial charge in [-0.3, -0.25) is 19.6 Å². The van der Waals surface area contributed by atoms with E-state index in [0.29, 0.717) is 131 Å². The number of anilines is 1. The number of hydrogen-bond donors (Lipinski definition) is 1. The van der Waals surface area contributed by atoms with Gasteiger partial charge in [0.1, 0.15) is 13.2 Å². The summed E-state index contributed by atoms with van der Waals surface area (Å²) in [6, 6.07) is 13.0. The number of ether oxygens (including phenoxy) is 9. The number of methoxy groups -OCH3 is 3. The lowest BCUT2D eigenvalue weighted by Gasteiger charge is -2.26. The third-order valence-electron chi connectivity index (χ3n) is 13.3. The molecule has 4 heterocycles. The number of amides is 2. The van der Waals surface area contributed by atoms with E-state index in [1.807, 2.05) is 42.1 Å². The van der Waals surface area contributed by atoms with Gasteiger partial charge >= 0.3 is 0 Å². The maximum Gasteiger partial charge on any atom is 0.257 e. The minimum atomic E-state index is -0.111. The smallest absolute Gasteiger partial charge is 0.257 e. The van der Waals surface area contributed by atoms with Crippen LogP contribution in [0, 0.1) is 0 Å². The number of carbonyl (C=O) groups excluding carboxylic acids is 2. The molecule has 4 aliphatic heterocycles. The first-order valence-electron chi connectivity index (χ1n) is 25.6. The number of aliphatic imine (C=N–C) groups is 2. The number of rotatable bonds is 29. The molecule has 2 atom stereocenters. The third-order valence-corrected chi connectivity index (χ3v) is 13.4. The number of carbonyl (C=O) groups is 2. The average Bonchev–Trinajstić information content (AvgIpc) is 3.96. The number of nitrogens with zero attached hydrogens (tertiary/aromatic N) is 6. The van der Waals surface area contributed by atoms with Crippen molar-refractivity contribution in [3.8, 4) is 23.0 Å². The van der Waals surface area contributed by atoms with Gasteiger partial charge in [-0.1, -0.05) is 23.3 Å². The summed E-state index contributed by atoms with van der Waals surface area (Å²) >= 11 is 4.65. The van der Waals surface area contributed by atoms with Crippen molar-refractivity contribution in [3.63, 3.8) is 0 Å². The maximum absolute atomic E-state index is 13.9. The van der Waals surface area contributed by atoms with E-state index in [2.05, 4.69) is 67.6 Å². The van der Waals surface area contributed by atoms with E-state index < -0.39 is 0 Å². The SMILES string of the molecule is C/C=C1\CC2C=Nc3cc(OCc4cc(COc5cc6c(cc5OC)C(=O)N5C/C(=C/C)C[C@H]5C=N6)cc(N(CCOCCOCCOC)CCOCCOCCN(C)CC(C)(C)S)c4)c(OC)cc3C(=O)N2C1. The first-order valence-corrected chi connectivity index (χ1v) is 26.0. The van der Waals surface area contributed by atoms with Gasteiger partial charge in [-0.05, 0) is 89.0 Å². The lowest BCUT2D eigenvalue weighted by atomic mass is 10.1. The number of likely N-dealkylation sites (N-methyl/N-ethyl adjacent to an activating group) is 1. The summed E-state index contributed by atoms with van der Waals surface area (Å²) in [6.45, 7) is 16.7. The number of benzene rings is 3. The summed E-state index contributed by atoms with van der Waals surface area (Å²) in [6.07, 6.45) is 9.36. The van der Waals surface area contributed by atoms with Crippen LogP contribution in [-0.2, 0) is 36.9 Å². The molecule has 17 nitrogen and oxygen atoms in total. The van der Waals surface area contributed by atoms with Crippen LogP contribution in [0.2, 0.25) is 0 Å². The Balaban J connectivity index is 1.12. The Morgan fingerprint density at radius 1 is 0.622 bits per heavy atom. The molecule has 0 bridgehead atoms. The van der Waals surface area contributed by atoms with Gasteiger partial charge < -0.3 is 62.2 Å². The molecule has 0 aromatic heterocycles. The second-order valence-corrected chi connectivity index (χ2v) is 20.7. The topological polar surface area (TPSA) is 155 Å². The van der Waals surface area contributed by atoms with E-state index in [-0.39, 0.29) is 41.9 Å². The Morgan fingerprint density at radius 2 is 1.07 bits per heavy atom. The van der Waals surface area contributed by atoms with Crippen molar-refractivity contribution < 1.29 is 52.2 Å². The normalized spacial score (nSPS) is 18.2. The molecule has 4 aliphatic rings. The van der Waals surface area contributed by atoms with Crippen LogP contribution in [0.25, 0.3) is 0 Å². The van der Waals surface area contributed by atoms with Crippen molar-refractivity contribution in [1.29, 1.82) is 0 Å². The zero-order valence-electron chi connectivity index (χ0n) is 44.6. The van der Waals surface area contributed by atoms with Gasteiger partial charge in [0, 0.05) is 81.4 Å². The van der Waals surface area contributed by atoms with E-state index in [4.69, 9.17) is 52.6 Å². The number of fused-ring (bicyclic) bond motifs is 4. The Morgan fingerprint density at radius 3 is 1.50 bits per heavy atom. The van der Waals surface area contributed by atoms with E-state index in [1.165, 1.54) is 11.1 Å². The highest BCUT2D eigenvalue weighted by molar-refractivity contribution is 7.81. The summed E-state index contributed by atoms with van der Waals surface area (Å²) in [5.41, 5.74) is 6.99. The second-order valence-electron chi connectivity index (χ2n) is 19.5. The maximum atomic E-state index is 13.9. The van der Waals surface area contributed by atoms with E-state index in [1.54, 1.807) is 45.6 Å². The highest BCUT2D eigenvalue weighted by Crippen LogP contribution is 2.41. The van der Waals surface area contributed by atoms with Crippen molar-refractivity contribution in [3.05, 3.63) is 88.0 Å². The predicted octanol–water partition coefficient (Wildman–Crippen LogP) is 7.77. The molecule has 0 radical (unpaired) electrons. The van der Waals surface area contributed by atoms with Crippen LogP contribution in [0.1, 0.15) is 72.4 Å². The number of thiol groups is 1. The molecule has 2 amide bonds. The van der Waals surface area contributed by atoms with Gasteiger partial charge in [0.15, 0.2) is 23.0 Å². The van der Waals surface area contributed by atoms with E-state index in [0.717, 1.165) is 42.7 Å². The second kappa shape index (κ2) is 27.4. The van der Waals surface area contributed by atoms with Crippen molar-refractivity contribution in [2.75, 3.05) is 132 Å². The van der Waals surface area contributed by atoms with Crippen molar-refractivity contribution >= 4 is 53.9 Å². The summed E-state index contributed by atoms with van der Waals surface area (Å²) in [5, 5.41) is 0. The predicted molar refractivity (Wildman–Crippen MR) is 292 cm³/mol. The molecule has 18 heteroatoms. The first-order chi connectivity index (χ1) is 35.8. The molecule has 2 fully saturated rings. The van der Waals surface area contributed by atoms with Gasteiger partial charge in [-0.25, -0.2) is 0 Å². The zero-order valence-corrected chi connectivity index (χ0v) is 45.5. The van der Waals surface area contributed by atoms with Crippen LogP contribution >= 0.6 is 12.6 Å². The Bertz CT molecular complexity index is 2370. The third kappa shape index (κ3) is 15.3. The molecular weight excluding hydrogens is 965 g/mol. The van der Waals surface area contributed by atoms with Crippen molar-refractivity contribution in [1.82, 2.24) is 14.7 Å². The molecule has 7 rings (SSSR count). The van der Waals surface area contributed by atoms with Gasteiger partial charge in [0.05, 0.1) is 108 Å². The molecule has 0 N–H and O–H groups in total. The standard InChI is InChI=1S/C56H76N6O11S/c1-9-39-24-44-32-57-48-30-52(50(66-7)28-46(48)54(63)61(44)34-39)72-36-41-23-42(37-73-53-31-49-47(29-51(53)67-8)55(64)62-35-40(10-2)25-45(62)33-58-49)27-43(26-41)60(13-16-70-21-22-71-18-17-65-6)12-15-69-20-19-68-14-11-59(5)38-56(3,4)74/h9-10,23,26-33,44-45,74H,11-22,24-25,34-38H2,1-8H3/b39-9+,40-10+/t44-,45?/m0/s1.